The van der Waals surface area contributed by atoms with E-state index in [-0.39, 0.29) is 16.6 Å². The molecule has 1 aliphatic rings. The van der Waals surface area contributed by atoms with Crippen molar-refractivity contribution in [3.05, 3.63) is 16.5 Å². The van der Waals surface area contributed by atoms with E-state index in [1.54, 1.807) is 6.07 Å². The maximum atomic E-state index is 11.9. The highest BCUT2D eigenvalue weighted by atomic mass is 35.5. The molecule has 1 aliphatic heterocycles. The highest BCUT2D eigenvalue weighted by Crippen LogP contribution is 2.25. The minimum absolute atomic E-state index is 0. The normalized spacial score (nSPS) is 19.9. The fourth-order valence-corrected chi connectivity index (χ4v) is 4.66. The van der Waals surface area contributed by atoms with Crippen molar-refractivity contribution >= 4 is 45.4 Å². The molecule has 2 heterocycles. The van der Waals surface area contributed by atoms with Gasteiger partial charge in [0.25, 0.3) is 0 Å². The molecular formula is C11H18Cl2N2O2S2. The lowest BCUT2D eigenvalue weighted by molar-refractivity contribution is 0.358. The first kappa shape index (κ1) is 17.2. The zero-order chi connectivity index (χ0) is 13.0. The molecule has 1 unspecified atom stereocenters. The van der Waals surface area contributed by atoms with E-state index >= 15 is 0 Å². The Balaban J connectivity index is 0.00000180. The quantitative estimate of drug-likeness (QED) is 0.862. The SMILES string of the molecule is Cl.O=S(=O)(NCCC1CCCNC1)c1ccc(Cl)s1. The van der Waals surface area contributed by atoms with Gasteiger partial charge in [-0.25, -0.2) is 13.1 Å². The van der Waals surface area contributed by atoms with E-state index in [9.17, 15) is 8.42 Å². The van der Waals surface area contributed by atoms with Gasteiger partial charge < -0.3 is 5.32 Å². The van der Waals surface area contributed by atoms with Gasteiger partial charge in [-0.3, -0.25) is 0 Å². The molecule has 0 aromatic carbocycles. The first-order valence-electron chi connectivity index (χ1n) is 6.03. The largest absolute Gasteiger partial charge is 0.316 e. The second-order valence-electron chi connectivity index (χ2n) is 4.46. The molecule has 8 heteroatoms. The smallest absolute Gasteiger partial charge is 0.250 e. The van der Waals surface area contributed by atoms with Crippen molar-refractivity contribution in [2.45, 2.75) is 23.5 Å². The van der Waals surface area contributed by atoms with Crippen molar-refractivity contribution in [3.63, 3.8) is 0 Å². The summed E-state index contributed by atoms with van der Waals surface area (Å²) in [6.45, 7) is 2.56. The van der Waals surface area contributed by atoms with Gasteiger partial charge in [0.05, 0.1) is 4.34 Å². The molecule has 0 radical (unpaired) electrons. The van der Waals surface area contributed by atoms with Crippen LogP contribution < -0.4 is 10.0 Å². The fourth-order valence-electron chi connectivity index (χ4n) is 2.08. The van der Waals surface area contributed by atoms with Crippen LogP contribution in [0.2, 0.25) is 4.34 Å². The molecule has 2 rings (SSSR count). The Kier molecular flexibility index (Phi) is 7.07. The zero-order valence-corrected chi connectivity index (χ0v) is 13.6. The lowest BCUT2D eigenvalue weighted by Gasteiger charge is -2.22. The number of sulfonamides is 1. The predicted molar refractivity (Wildman–Crippen MR) is 82.0 cm³/mol. The second kappa shape index (κ2) is 7.81. The van der Waals surface area contributed by atoms with Gasteiger partial charge in [0, 0.05) is 6.54 Å². The maximum Gasteiger partial charge on any atom is 0.250 e. The van der Waals surface area contributed by atoms with E-state index in [1.807, 2.05) is 0 Å². The molecule has 19 heavy (non-hydrogen) atoms. The number of rotatable bonds is 5. The van der Waals surface area contributed by atoms with Gasteiger partial charge in [0.2, 0.25) is 10.0 Å². The van der Waals surface area contributed by atoms with Crippen LogP contribution in [0.1, 0.15) is 19.3 Å². The summed E-state index contributed by atoms with van der Waals surface area (Å²) in [6.07, 6.45) is 3.24. The molecule has 0 saturated carbocycles. The van der Waals surface area contributed by atoms with Crippen molar-refractivity contribution in [3.8, 4) is 0 Å². The van der Waals surface area contributed by atoms with Crippen LogP contribution in [-0.2, 0) is 10.0 Å². The Morgan fingerprint density at radius 1 is 1.47 bits per heavy atom. The third kappa shape index (κ3) is 5.21. The van der Waals surface area contributed by atoms with Gasteiger partial charge in [-0.05, 0) is 50.4 Å². The number of thiophene rings is 1. The molecule has 1 aromatic rings. The lowest BCUT2D eigenvalue weighted by atomic mass is 9.96. The third-order valence-electron chi connectivity index (χ3n) is 3.06. The number of piperidine rings is 1. The number of hydrogen-bond donors (Lipinski definition) is 2. The summed E-state index contributed by atoms with van der Waals surface area (Å²) in [6, 6.07) is 3.14. The lowest BCUT2D eigenvalue weighted by Crippen LogP contribution is -2.33. The van der Waals surface area contributed by atoms with E-state index in [4.69, 9.17) is 11.6 Å². The Bertz CT molecular complexity index is 485. The Morgan fingerprint density at radius 3 is 2.84 bits per heavy atom. The fraction of sp³-hybridized carbons (Fsp3) is 0.636. The summed E-state index contributed by atoms with van der Waals surface area (Å²) >= 11 is 6.82. The van der Waals surface area contributed by atoms with E-state index in [1.165, 1.54) is 18.9 Å². The molecule has 4 nitrogen and oxygen atoms in total. The average Bonchev–Trinajstić information content (AvgIpc) is 2.78. The van der Waals surface area contributed by atoms with Crippen LogP contribution in [0.4, 0.5) is 0 Å². The van der Waals surface area contributed by atoms with Crippen LogP contribution in [0.15, 0.2) is 16.3 Å². The summed E-state index contributed by atoms with van der Waals surface area (Å²) < 4.78 is 27.2. The van der Waals surface area contributed by atoms with Crippen LogP contribution in [0.5, 0.6) is 0 Å². The zero-order valence-electron chi connectivity index (χ0n) is 10.4. The van der Waals surface area contributed by atoms with Crippen LogP contribution in [-0.4, -0.2) is 28.1 Å². The summed E-state index contributed by atoms with van der Waals surface area (Å²) in [5.41, 5.74) is 0. The first-order chi connectivity index (χ1) is 8.58. The molecule has 1 fully saturated rings. The Hall–Kier alpha value is 0.150. The minimum Gasteiger partial charge on any atom is -0.316 e. The number of hydrogen-bond acceptors (Lipinski definition) is 4. The van der Waals surface area contributed by atoms with Crippen molar-refractivity contribution in [2.24, 2.45) is 5.92 Å². The molecule has 0 amide bonds. The van der Waals surface area contributed by atoms with Gasteiger partial charge in [-0.2, -0.15) is 0 Å². The average molecular weight is 345 g/mol. The molecule has 0 aliphatic carbocycles. The van der Waals surface area contributed by atoms with Crippen LogP contribution in [0, 0.1) is 5.92 Å². The predicted octanol–water partition coefficient (Wildman–Crippen LogP) is 2.49. The molecule has 110 valence electrons. The molecule has 1 atom stereocenters. The summed E-state index contributed by atoms with van der Waals surface area (Å²) in [5, 5.41) is 3.32. The van der Waals surface area contributed by atoms with Gasteiger partial charge in [-0.15, -0.1) is 23.7 Å². The summed E-state index contributed by atoms with van der Waals surface area (Å²) in [5.74, 6) is 0.577. The van der Waals surface area contributed by atoms with Gasteiger partial charge >= 0.3 is 0 Å². The maximum absolute atomic E-state index is 11.9. The van der Waals surface area contributed by atoms with Gasteiger partial charge in [-0.1, -0.05) is 11.6 Å². The molecule has 1 saturated heterocycles. The summed E-state index contributed by atoms with van der Waals surface area (Å²) in [7, 11) is -3.38. The van der Waals surface area contributed by atoms with Crippen molar-refractivity contribution in [1.29, 1.82) is 0 Å². The van der Waals surface area contributed by atoms with E-state index in [0.717, 1.165) is 30.8 Å². The van der Waals surface area contributed by atoms with E-state index in [0.29, 0.717) is 16.8 Å². The number of halogens is 2. The molecular weight excluding hydrogens is 327 g/mol. The van der Waals surface area contributed by atoms with Crippen LogP contribution in [0.25, 0.3) is 0 Å². The van der Waals surface area contributed by atoms with Gasteiger partial charge in [0.15, 0.2) is 0 Å². The highest BCUT2D eigenvalue weighted by molar-refractivity contribution is 7.91. The minimum atomic E-state index is -3.38. The number of nitrogens with one attached hydrogen (secondary N) is 2. The molecule has 1 aromatic heterocycles. The van der Waals surface area contributed by atoms with E-state index in [2.05, 4.69) is 10.0 Å². The van der Waals surface area contributed by atoms with Crippen molar-refractivity contribution in [2.75, 3.05) is 19.6 Å². The topological polar surface area (TPSA) is 58.2 Å². The van der Waals surface area contributed by atoms with Crippen LogP contribution >= 0.6 is 35.3 Å². The molecule has 2 N–H and O–H groups in total. The van der Waals surface area contributed by atoms with Gasteiger partial charge in [0.1, 0.15) is 4.21 Å². The Morgan fingerprint density at radius 2 is 2.26 bits per heavy atom. The summed E-state index contributed by atoms with van der Waals surface area (Å²) in [4.78, 5) is 0. The first-order valence-corrected chi connectivity index (χ1v) is 8.71. The van der Waals surface area contributed by atoms with Crippen LogP contribution in [0.3, 0.4) is 0 Å². The third-order valence-corrected chi connectivity index (χ3v) is 6.24. The molecule has 0 bridgehead atoms. The van der Waals surface area contributed by atoms with Crippen molar-refractivity contribution < 1.29 is 8.42 Å². The monoisotopic (exact) mass is 344 g/mol. The molecule has 0 spiro atoms. The standard InChI is InChI=1S/C11H17ClN2O2S2.ClH/c12-10-3-4-11(17-10)18(15,16)14-7-5-9-2-1-6-13-8-9;/h3-4,9,13-14H,1-2,5-8H2;1H. The Labute approximate surface area is 129 Å². The highest BCUT2D eigenvalue weighted by Gasteiger charge is 2.18. The second-order valence-corrected chi connectivity index (χ2v) is 8.17. The van der Waals surface area contributed by atoms with Crippen molar-refractivity contribution in [1.82, 2.24) is 10.0 Å². The van der Waals surface area contributed by atoms with E-state index < -0.39 is 10.0 Å².